The zero-order valence-corrected chi connectivity index (χ0v) is 13.9. The first-order valence-corrected chi connectivity index (χ1v) is 8.93. The van der Waals surface area contributed by atoms with Crippen LogP contribution >= 0.6 is 7.14 Å². The zero-order valence-electron chi connectivity index (χ0n) is 13.0. The molecule has 3 rings (SSSR count). The van der Waals surface area contributed by atoms with Gasteiger partial charge in [-0.25, -0.2) is 0 Å². The summed E-state index contributed by atoms with van der Waals surface area (Å²) in [6.07, 6.45) is 12.3. The van der Waals surface area contributed by atoms with Crippen LogP contribution < -0.4 is 5.44 Å². The van der Waals surface area contributed by atoms with Gasteiger partial charge in [0.1, 0.15) is 0 Å². The van der Waals surface area contributed by atoms with Crippen LogP contribution in [0.25, 0.3) is 11.4 Å². The standard InChI is InChI=1S/C16H12N7OP/c1-3-25(24,4-2)15-12-23(22-19-15)11-10-14-17-20-16(21-18-14)13-8-6-5-7-9-13/h1-2,5-9,12H,10-11H2. The van der Waals surface area contributed by atoms with Crippen molar-refractivity contribution >= 4 is 12.6 Å². The average molecular weight is 349 g/mol. The van der Waals surface area contributed by atoms with Crippen LogP contribution in [-0.2, 0) is 17.5 Å². The van der Waals surface area contributed by atoms with Gasteiger partial charge in [0.15, 0.2) is 11.3 Å². The van der Waals surface area contributed by atoms with Crippen molar-refractivity contribution < 1.29 is 4.57 Å². The van der Waals surface area contributed by atoms with Crippen molar-refractivity contribution in [1.29, 1.82) is 0 Å². The Hall–Kier alpha value is -3.35. The summed E-state index contributed by atoms with van der Waals surface area (Å²) in [5.41, 5.74) is 5.19. The Morgan fingerprint density at radius 1 is 1.00 bits per heavy atom. The van der Waals surface area contributed by atoms with Crippen LogP contribution in [0.5, 0.6) is 0 Å². The Kier molecular flexibility index (Phi) is 4.65. The van der Waals surface area contributed by atoms with Crippen LogP contribution in [0.15, 0.2) is 36.5 Å². The molecule has 25 heavy (non-hydrogen) atoms. The van der Waals surface area contributed by atoms with Crippen LogP contribution in [0, 0.1) is 24.2 Å². The van der Waals surface area contributed by atoms with Gasteiger partial charge >= 0.3 is 0 Å². The van der Waals surface area contributed by atoms with E-state index in [-0.39, 0.29) is 5.44 Å². The summed E-state index contributed by atoms with van der Waals surface area (Å²) in [4.78, 5) is 0. The van der Waals surface area contributed by atoms with E-state index in [2.05, 4.69) is 42.0 Å². The number of nitrogens with zero attached hydrogens (tertiary/aromatic N) is 7. The van der Waals surface area contributed by atoms with E-state index in [1.54, 1.807) is 0 Å². The number of aryl methyl sites for hydroxylation is 2. The van der Waals surface area contributed by atoms with Crippen LogP contribution in [0.4, 0.5) is 0 Å². The maximum absolute atomic E-state index is 12.2. The lowest BCUT2D eigenvalue weighted by molar-refractivity contribution is 0.567. The molecule has 0 fully saturated rings. The van der Waals surface area contributed by atoms with Crippen LogP contribution in [-0.4, -0.2) is 35.4 Å². The highest BCUT2D eigenvalue weighted by Crippen LogP contribution is 2.39. The number of hydrogen-bond donors (Lipinski definition) is 0. The van der Waals surface area contributed by atoms with Gasteiger partial charge in [-0.05, 0) is 11.3 Å². The van der Waals surface area contributed by atoms with Crippen molar-refractivity contribution in [3.8, 4) is 35.6 Å². The second-order valence-corrected chi connectivity index (χ2v) is 7.16. The zero-order chi connectivity index (χ0) is 17.7. The number of rotatable bonds is 5. The topological polar surface area (TPSA) is 99.3 Å². The number of benzene rings is 1. The molecule has 0 saturated heterocycles. The quantitative estimate of drug-likeness (QED) is 0.499. The van der Waals surface area contributed by atoms with E-state index in [0.717, 1.165) is 5.56 Å². The summed E-state index contributed by atoms with van der Waals surface area (Å²) in [7, 11) is -3.34. The van der Waals surface area contributed by atoms with Gasteiger partial charge in [-0.3, -0.25) is 9.25 Å². The van der Waals surface area contributed by atoms with Gasteiger partial charge in [0.25, 0.3) is 7.14 Å². The highest BCUT2D eigenvalue weighted by Gasteiger charge is 2.22. The predicted molar refractivity (Wildman–Crippen MR) is 91.7 cm³/mol. The minimum atomic E-state index is -3.34. The Morgan fingerprint density at radius 2 is 1.68 bits per heavy atom. The third-order valence-corrected chi connectivity index (χ3v) is 4.91. The highest BCUT2D eigenvalue weighted by atomic mass is 31.2. The Labute approximate surface area is 144 Å². The fraction of sp³-hybridized carbons (Fsp3) is 0.125. The van der Waals surface area contributed by atoms with Gasteiger partial charge in [-0.1, -0.05) is 35.5 Å². The van der Waals surface area contributed by atoms with Crippen molar-refractivity contribution in [2.45, 2.75) is 13.0 Å². The molecular weight excluding hydrogens is 337 g/mol. The first kappa shape index (κ1) is 16.5. The van der Waals surface area contributed by atoms with E-state index >= 15 is 0 Å². The molecule has 2 aromatic heterocycles. The molecule has 3 aromatic rings. The molecule has 0 aliphatic heterocycles. The van der Waals surface area contributed by atoms with E-state index < -0.39 is 7.14 Å². The van der Waals surface area contributed by atoms with Gasteiger partial charge in [0.05, 0.1) is 6.20 Å². The van der Waals surface area contributed by atoms with Crippen molar-refractivity contribution in [2.75, 3.05) is 0 Å². The normalized spacial score (nSPS) is 10.8. The lowest BCUT2D eigenvalue weighted by atomic mass is 10.2. The van der Waals surface area contributed by atoms with Gasteiger partial charge in [-0.2, -0.15) is 0 Å². The lowest BCUT2D eigenvalue weighted by Gasteiger charge is -2.01. The molecular formula is C16H12N7OP. The minimum Gasteiger partial charge on any atom is -0.289 e. The summed E-state index contributed by atoms with van der Waals surface area (Å²) in [5.74, 6) is 0.908. The van der Waals surface area contributed by atoms with Crippen LogP contribution in [0.3, 0.4) is 0 Å². The lowest BCUT2D eigenvalue weighted by Crippen LogP contribution is -2.08. The van der Waals surface area contributed by atoms with E-state index in [0.29, 0.717) is 24.6 Å². The fourth-order valence-electron chi connectivity index (χ4n) is 1.98. The molecule has 2 heterocycles. The minimum absolute atomic E-state index is 0.120. The molecule has 0 amide bonds. The summed E-state index contributed by atoms with van der Waals surface area (Å²) < 4.78 is 13.7. The van der Waals surface area contributed by atoms with Crippen LogP contribution in [0.1, 0.15) is 5.82 Å². The second kappa shape index (κ2) is 7.04. The summed E-state index contributed by atoms with van der Waals surface area (Å²) in [5, 5.41) is 23.9. The predicted octanol–water partition coefficient (Wildman–Crippen LogP) is 0.938. The maximum Gasteiger partial charge on any atom is 0.271 e. The molecule has 122 valence electrons. The first-order valence-electron chi connectivity index (χ1n) is 7.23. The van der Waals surface area contributed by atoms with E-state index in [9.17, 15) is 4.57 Å². The number of aromatic nitrogens is 7. The highest BCUT2D eigenvalue weighted by molar-refractivity contribution is 7.80. The molecule has 0 saturated carbocycles. The SMILES string of the molecule is C#CP(=O)(C#C)c1cn(CCc2nnc(-c3ccccc3)nn2)nn1. The Bertz CT molecular complexity index is 981. The smallest absolute Gasteiger partial charge is 0.271 e. The molecule has 0 atom stereocenters. The molecule has 8 nitrogen and oxygen atoms in total. The molecule has 1 aromatic carbocycles. The Balaban J connectivity index is 1.67. The van der Waals surface area contributed by atoms with E-state index in [1.165, 1.54) is 10.9 Å². The van der Waals surface area contributed by atoms with Gasteiger partial charge in [0.2, 0.25) is 5.82 Å². The summed E-state index contributed by atoms with van der Waals surface area (Å²) >= 11 is 0. The maximum atomic E-state index is 12.2. The summed E-state index contributed by atoms with van der Waals surface area (Å²) in [6, 6.07) is 9.44. The molecule has 0 aliphatic carbocycles. The molecule has 0 radical (unpaired) electrons. The van der Waals surface area contributed by atoms with Crippen molar-refractivity contribution in [2.24, 2.45) is 0 Å². The third-order valence-electron chi connectivity index (χ3n) is 3.33. The first-order chi connectivity index (χ1) is 12.1. The Morgan fingerprint density at radius 3 is 2.32 bits per heavy atom. The van der Waals surface area contributed by atoms with Crippen molar-refractivity contribution in [3.63, 3.8) is 0 Å². The number of hydrogen-bond acceptors (Lipinski definition) is 7. The fourth-order valence-corrected chi connectivity index (χ4v) is 2.78. The van der Waals surface area contributed by atoms with E-state index in [4.69, 9.17) is 12.8 Å². The van der Waals surface area contributed by atoms with Crippen molar-refractivity contribution in [3.05, 3.63) is 42.4 Å². The molecule has 0 unspecified atom stereocenters. The van der Waals surface area contributed by atoms with E-state index in [1.807, 2.05) is 30.3 Å². The second-order valence-electron chi connectivity index (χ2n) is 4.96. The monoisotopic (exact) mass is 349 g/mol. The average Bonchev–Trinajstić information content (AvgIpc) is 3.16. The molecule has 0 bridgehead atoms. The molecule has 0 spiro atoms. The number of terminal acetylenes is 2. The molecule has 0 aliphatic rings. The van der Waals surface area contributed by atoms with Gasteiger partial charge in [0, 0.05) is 18.5 Å². The summed E-state index contributed by atoms with van der Waals surface area (Å²) in [6.45, 7) is 0.399. The van der Waals surface area contributed by atoms with Crippen LogP contribution in [0.2, 0.25) is 0 Å². The van der Waals surface area contributed by atoms with Crippen molar-refractivity contribution in [1.82, 2.24) is 35.4 Å². The third kappa shape index (κ3) is 3.60. The van der Waals surface area contributed by atoms with Gasteiger partial charge in [-0.15, -0.1) is 38.3 Å². The van der Waals surface area contributed by atoms with Gasteiger partial charge < -0.3 is 0 Å². The largest absolute Gasteiger partial charge is 0.289 e. The molecule has 0 N–H and O–H groups in total. The molecule has 9 heteroatoms.